The van der Waals surface area contributed by atoms with Crippen LogP contribution < -0.4 is 5.32 Å². The van der Waals surface area contributed by atoms with Crippen LogP contribution in [0.1, 0.15) is 32.3 Å². The number of nitrogens with one attached hydrogen (secondary N) is 1. The molecular weight excluding hydrogens is 263 g/mol. The molecule has 116 valence electrons. The van der Waals surface area contributed by atoms with Crippen molar-refractivity contribution in [3.05, 3.63) is 47.3 Å². The van der Waals surface area contributed by atoms with E-state index in [1.165, 1.54) is 37.6 Å². The molecule has 1 aliphatic heterocycles. The minimum absolute atomic E-state index is 0.139. The van der Waals surface area contributed by atoms with Crippen LogP contribution >= 0.6 is 0 Å². The summed E-state index contributed by atoms with van der Waals surface area (Å²) >= 11 is 0. The van der Waals surface area contributed by atoms with Crippen LogP contribution in [0.4, 0.5) is 4.39 Å². The van der Waals surface area contributed by atoms with Crippen molar-refractivity contribution in [3.8, 4) is 0 Å². The van der Waals surface area contributed by atoms with E-state index in [1.807, 2.05) is 6.07 Å². The number of halogens is 1. The molecule has 0 spiro atoms. The van der Waals surface area contributed by atoms with E-state index in [9.17, 15) is 4.39 Å². The first kappa shape index (κ1) is 16.2. The molecule has 2 nitrogen and oxygen atoms in total. The molecule has 0 radical (unpaired) electrons. The number of hydrogen-bond donors (Lipinski definition) is 1. The molecule has 1 aromatic rings. The fourth-order valence-corrected chi connectivity index (χ4v) is 2.74. The zero-order chi connectivity index (χ0) is 15.1. The maximum atomic E-state index is 13.1. The smallest absolute Gasteiger partial charge is 0.123 e. The summed E-state index contributed by atoms with van der Waals surface area (Å²) in [6, 6.07) is 7.52. The highest BCUT2D eigenvalue weighted by Gasteiger charge is 2.17. The third kappa shape index (κ3) is 5.98. The van der Waals surface area contributed by atoms with E-state index in [2.05, 4.69) is 30.1 Å². The highest BCUT2D eigenvalue weighted by Crippen LogP contribution is 2.11. The molecule has 2 rings (SSSR count). The van der Waals surface area contributed by atoms with Crippen LogP contribution in [0.3, 0.4) is 0 Å². The van der Waals surface area contributed by atoms with Crippen LogP contribution in [0.25, 0.3) is 0 Å². The predicted molar refractivity (Wildman–Crippen MR) is 87.0 cm³/mol. The van der Waals surface area contributed by atoms with Crippen molar-refractivity contribution >= 4 is 0 Å². The summed E-state index contributed by atoms with van der Waals surface area (Å²) in [7, 11) is 0. The molecule has 0 aromatic heterocycles. The van der Waals surface area contributed by atoms with Crippen molar-refractivity contribution < 1.29 is 4.39 Å². The number of hydrogen-bond acceptors (Lipinski definition) is 2. The molecule has 0 unspecified atom stereocenters. The van der Waals surface area contributed by atoms with Gasteiger partial charge in [-0.05, 0) is 70.4 Å². The second kappa shape index (κ2) is 8.30. The quantitative estimate of drug-likeness (QED) is 0.808. The number of likely N-dealkylation sites (tertiary alicyclic amines) is 1. The molecule has 1 heterocycles. The molecule has 3 heteroatoms. The zero-order valence-electron chi connectivity index (χ0n) is 13.2. The maximum absolute atomic E-state index is 13.1. The number of nitrogens with zero attached hydrogens (tertiary/aromatic N) is 1. The molecule has 0 bridgehead atoms. The molecule has 21 heavy (non-hydrogen) atoms. The van der Waals surface area contributed by atoms with Crippen LogP contribution in [0.15, 0.2) is 35.9 Å². The van der Waals surface area contributed by atoms with Gasteiger partial charge < -0.3 is 5.32 Å². The Hall–Kier alpha value is -1.19. The molecule has 1 aliphatic rings. The lowest BCUT2D eigenvalue weighted by atomic mass is 10.0. The Morgan fingerprint density at radius 3 is 2.76 bits per heavy atom. The molecule has 1 aromatic carbocycles. The van der Waals surface area contributed by atoms with Crippen molar-refractivity contribution in [2.45, 2.75) is 39.2 Å². The number of benzene rings is 1. The predicted octanol–water partition coefficient (Wildman–Crippen LogP) is 3.39. The third-order valence-corrected chi connectivity index (χ3v) is 4.08. The third-order valence-electron chi connectivity index (χ3n) is 4.08. The van der Waals surface area contributed by atoms with Crippen LogP contribution in [-0.4, -0.2) is 37.1 Å². The van der Waals surface area contributed by atoms with E-state index >= 15 is 0 Å². The average Bonchev–Trinajstić information content (AvgIpc) is 2.46. The van der Waals surface area contributed by atoms with Gasteiger partial charge in [0.15, 0.2) is 0 Å². The number of rotatable bonds is 6. The van der Waals surface area contributed by atoms with Crippen LogP contribution in [0.5, 0.6) is 0 Å². The van der Waals surface area contributed by atoms with Gasteiger partial charge in [0.1, 0.15) is 5.82 Å². The van der Waals surface area contributed by atoms with E-state index < -0.39 is 0 Å². The Labute approximate surface area is 128 Å². The Kier molecular flexibility index (Phi) is 6.40. The van der Waals surface area contributed by atoms with Gasteiger partial charge in [-0.25, -0.2) is 4.39 Å². The zero-order valence-corrected chi connectivity index (χ0v) is 13.2. The first-order chi connectivity index (χ1) is 10.1. The lowest BCUT2D eigenvalue weighted by molar-refractivity contribution is 0.215. The van der Waals surface area contributed by atoms with Crippen molar-refractivity contribution in [1.29, 1.82) is 0 Å². The van der Waals surface area contributed by atoms with E-state index in [0.29, 0.717) is 6.04 Å². The summed E-state index contributed by atoms with van der Waals surface area (Å²) in [4.78, 5) is 2.51. The Bertz CT molecular complexity index is 458. The molecule has 1 saturated heterocycles. The van der Waals surface area contributed by atoms with E-state index in [-0.39, 0.29) is 5.82 Å². The summed E-state index contributed by atoms with van der Waals surface area (Å²) in [5.41, 5.74) is 2.47. The Morgan fingerprint density at radius 2 is 2.10 bits per heavy atom. The van der Waals surface area contributed by atoms with Crippen LogP contribution in [0.2, 0.25) is 0 Å². The fraction of sp³-hybridized carbons (Fsp3) is 0.556. The number of piperidine rings is 1. The molecule has 0 atom stereocenters. The molecule has 0 aliphatic carbocycles. The maximum Gasteiger partial charge on any atom is 0.123 e. The summed E-state index contributed by atoms with van der Waals surface area (Å²) in [5.74, 6) is -0.139. The topological polar surface area (TPSA) is 15.3 Å². The van der Waals surface area contributed by atoms with Crippen molar-refractivity contribution in [2.24, 2.45) is 0 Å². The SMILES string of the molecule is CC(C)=CCN1CCC(NCCc2cccc(F)c2)CC1. The second-order valence-corrected chi connectivity index (χ2v) is 6.19. The minimum Gasteiger partial charge on any atom is -0.314 e. The molecular formula is C18H27FN2. The van der Waals surface area contributed by atoms with Crippen LogP contribution in [0, 0.1) is 5.82 Å². The summed E-state index contributed by atoms with van der Waals surface area (Å²) in [6.07, 6.45) is 5.62. The summed E-state index contributed by atoms with van der Waals surface area (Å²) in [5, 5.41) is 3.61. The monoisotopic (exact) mass is 290 g/mol. The van der Waals surface area contributed by atoms with Crippen LogP contribution in [-0.2, 0) is 6.42 Å². The van der Waals surface area contributed by atoms with Gasteiger partial charge >= 0.3 is 0 Å². The minimum atomic E-state index is -0.139. The van der Waals surface area contributed by atoms with Gasteiger partial charge in [0.05, 0.1) is 0 Å². The van der Waals surface area contributed by atoms with Gasteiger partial charge in [0, 0.05) is 12.6 Å². The highest BCUT2D eigenvalue weighted by atomic mass is 19.1. The summed E-state index contributed by atoms with van der Waals surface area (Å²) < 4.78 is 13.1. The van der Waals surface area contributed by atoms with Gasteiger partial charge in [0.25, 0.3) is 0 Å². The first-order valence-electron chi connectivity index (χ1n) is 7.97. The normalized spacial score (nSPS) is 16.9. The standard InChI is InChI=1S/C18H27FN2/c1-15(2)7-11-21-12-8-18(9-13-21)20-10-6-16-4-3-5-17(19)14-16/h3-5,7,14,18,20H,6,8-13H2,1-2H3. The summed E-state index contributed by atoms with van der Waals surface area (Å²) in [6.45, 7) is 8.66. The lowest BCUT2D eigenvalue weighted by Crippen LogP contribution is -2.43. The molecule has 1 N–H and O–H groups in total. The van der Waals surface area contributed by atoms with Gasteiger partial charge in [0.2, 0.25) is 0 Å². The van der Waals surface area contributed by atoms with E-state index in [1.54, 1.807) is 12.1 Å². The van der Waals surface area contributed by atoms with Crippen molar-refractivity contribution in [2.75, 3.05) is 26.2 Å². The van der Waals surface area contributed by atoms with Crippen molar-refractivity contribution in [1.82, 2.24) is 10.2 Å². The fourth-order valence-electron chi connectivity index (χ4n) is 2.74. The largest absolute Gasteiger partial charge is 0.314 e. The van der Waals surface area contributed by atoms with E-state index in [4.69, 9.17) is 0 Å². The van der Waals surface area contributed by atoms with E-state index in [0.717, 1.165) is 25.1 Å². The lowest BCUT2D eigenvalue weighted by Gasteiger charge is -2.31. The highest BCUT2D eigenvalue weighted by molar-refractivity contribution is 5.16. The first-order valence-corrected chi connectivity index (χ1v) is 7.97. The second-order valence-electron chi connectivity index (χ2n) is 6.19. The van der Waals surface area contributed by atoms with Gasteiger partial charge in [-0.15, -0.1) is 0 Å². The Balaban J connectivity index is 1.64. The van der Waals surface area contributed by atoms with Crippen molar-refractivity contribution in [3.63, 3.8) is 0 Å². The molecule has 0 amide bonds. The molecule has 1 fully saturated rings. The molecule has 0 saturated carbocycles. The van der Waals surface area contributed by atoms with Gasteiger partial charge in [-0.1, -0.05) is 23.8 Å². The number of allylic oxidation sites excluding steroid dienone is 1. The Morgan fingerprint density at radius 1 is 1.33 bits per heavy atom. The van der Waals surface area contributed by atoms with Gasteiger partial charge in [-0.3, -0.25) is 4.90 Å². The average molecular weight is 290 g/mol. The van der Waals surface area contributed by atoms with Gasteiger partial charge in [-0.2, -0.15) is 0 Å².